The third-order valence-corrected chi connectivity index (χ3v) is 4.74. The van der Waals surface area contributed by atoms with E-state index in [0.29, 0.717) is 21.9 Å². The summed E-state index contributed by atoms with van der Waals surface area (Å²) in [6, 6.07) is 4.44. The van der Waals surface area contributed by atoms with Gasteiger partial charge < -0.3 is 0 Å². The molecule has 1 aromatic carbocycles. The van der Waals surface area contributed by atoms with E-state index < -0.39 is 4.92 Å². The number of aromatic amines is 2. The summed E-state index contributed by atoms with van der Waals surface area (Å²) in [6.45, 7) is 0. The van der Waals surface area contributed by atoms with Crippen LogP contribution >= 0.6 is 23.8 Å². The lowest BCUT2D eigenvalue weighted by molar-refractivity contribution is -0.384. The van der Waals surface area contributed by atoms with Gasteiger partial charge in [-0.05, 0) is 37.5 Å². The Bertz CT molecular complexity index is 1100. The highest BCUT2D eigenvalue weighted by molar-refractivity contribution is 7.71. The molecule has 0 spiro atoms. The van der Waals surface area contributed by atoms with Gasteiger partial charge in [0.2, 0.25) is 10.6 Å². The number of hydrogen-bond donors (Lipinski definition) is 2. The van der Waals surface area contributed by atoms with Crippen molar-refractivity contribution in [2.24, 2.45) is 5.10 Å². The summed E-state index contributed by atoms with van der Waals surface area (Å²) in [5.74, 6) is 0.495. The summed E-state index contributed by atoms with van der Waals surface area (Å²) < 4.78 is 1.75. The van der Waals surface area contributed by atoms with Crippen molar-refractivity contribution in [2.45, 2.75) is 19.3 Å². The standard InChI is InChI=1S/C15H12ClN7O2S/c16-10-5-4-8(6-12(10)23(24)25)7-17-22-14(20-21-15(22)26)13-9-2-1-3-11(9)18-19-13/h4-7H,1-3H2,(H,18,19)(H,21,26)/b17-7+. The average Bonchev–Trinajstić information content (AvgIpc) is 3.30. The van der Waals surface area contributed by atoms with E-state index in [1.54, 1.807) is 6.07 Å². The largest absolute Gasteiger partial charge is 0.288 e. The third kappa shape index (κ3) is 2.82. The van der Waals surface area contributed by atoms with Crippen LogP contribution in [-0.4, -0.2) is 36.2 Å². The van der Waals surface area contributed by atoms with Gasteiger partial charge in [0, 0.05) is 22.9 Å². The normalized spacial score (nSPS) is 13.4. The van der Waals surface area contributed by atoms with E-state index >= 15 is 0 Å². The van der Waals surface area contributed by atoms with Crippen LogP contribution in [0.15, 0.2) is 23.3 Å². The number of aromatic nitrogens is 5. The first kappa shape index (κ1) is 16.6. The van der Waals surface area contributed by atoms with Gasteiger partial charge in [-0.1, -0.05) is 17.7 Å². The SMILES string of the molecule is O=[N+]([O-])c1cc(/C=N/n2c(-c3n[nH]c4c3CCC4)n[nH]c2=S)ccc1Cl. The van der Waals surface area contributed by atoms with E-state index in [0.717, 1.165) is 30.5 Å². The van der Waals surface area contributed by atoms with Gasteiger partial charge in [-0.3, -0.25) is 15.2 Å². The molecule has 132 valence electrons. The zero-order valence-electron chi connectivity index (χ0n) is 13.3. The predicted molar refractivity (Wildman–Crippen MR) is 98.1 cm³/mol. The van der Waals surface area contributed by atoms with E-state index in [1.807, 2.05) is 0 Å². The van der Waals surface area contributed by atoms with Crippen molar-refractivity contribution in [1.82, 2.24) is 25.1 Å². The Hall–Kier alpha value is -2.85. The molecule has 2 N–H and O–H groups in total. The van der Waals surface area contributed by atoms with Crippen LogP contribution in [0.25, 0.3) is 11.5 Å². The number of benzene rings is 1. The van der Waals surface area contributed by atoms with Crippen LogP contribution in [0.2, 0.25) is 5.02 Å². The number of fused-ring (bicyclic) bond motifs is 1. The molecule has 0 fully saturated rings. The van der Waals surface area contributed by atoms with Crippen LogP contribution in [0, 0.1) is 14.9 Å². The summed E-state index contributed by atoms with van der Waals surface area (Å²) >= 11 is 11.1. The maximum absolute atomic E-state index is 11.0. The van der Waals surface area contributed by atoms with Crippen LogP contribution in [0.3, 0.4) is 0 Å². The fourth-order valence-electron chi connectivity index (χ4n) is 2.93. The first-order valence-electron chi connectivity index (χ1n) is 7.77. The van der Waals surface area contributed by atoms with E-state index in [9.17, 15) is 10.1 Å². The number of rotatable bonds is 4. The number of nitrogens with one attached hydrogen (secondary N) is 2. The summed E-state index contributed by atoms with van der Waals surface area (Å²) in [6.07, 6.45) is 4.42. The minimum Gasteiger partial charge on any atom is -0.282 e. The fraction of sp³-hybridized carbons (Fsp3) is 0.200. The topological polar surface area (TPSA) is 118 Å². The first-order valence-corrected chi connectivity index (χ1v) is 8.55. The maximum Gasteiger partial charge on any atom is 0.288 e. The molecule has 1 aliphatic carbocycles. The van der Waals surface area contributed by atoms with Crippen LogP contribution in [0.1, 0.15) is 23.2 Å². The number of aryl methyl sites for hydroxylation is 1. The van der Waals surface area contributed by atoms with Crippen molar-refractivity contribution in [1.29, 1.82) is 0 Å². The lowest BCUT2D eigenvalue weighted by Crippen LogP contribution is -1.98. The predicted octanol–water partition coefficient (Wildman–Crippen LogP) is 3.26. The smallest absolute Gasteiger partial charge is 0.282 e. The molecule has 2 heterocycles. The molecule has 1 aliphatic rings. The Kier molecular flexibility index (Phi) is 4.13. The van der Waals surface area contributed by atoms with E-state index in [1.165, 1.54) is 23.0 Å². The molecule has 0 aliphatic heterocycles. The average molecular weight is 390 g/mol. The van der Waals surface area contributed by atoms with Crippen molar-refractivity contribution in [2.75, 3.05) is 0 Å². The molecule has 0 saturated carbocycles. The maximum atomic E-state index is 11.0. The minimum atomic E-state index is -0.540. The number of hydrogen-bond acceptors (Lipinski definition) is 6. The molecule has 0 atom stereocenters. The van der Waals surface area contributed by atoms with E-state index in [2.05, 4.69) is 25.5 Å². The molecule has 0 radical (unpaired) electrons. The number of halogens is 1. The second-order valence-electron chi connectivity index (χ2n) is 5.76. The van der Waals surface area contributed by atoms with Crippen LogP contribution in [-0.2, 0) is 12.8 Å². The Morgan fingerprint density at radius 2 is 2.19 bits per heavy atom. The lowest BCUT2D eigenvalue weighted by atomic mass is 10.2. The van der Waals surface area contributed by atoms with Crippen molar-refractivity contribution in [3.05, 3.63) is 54.9 Å². The molecule has 0 saturated heterocycles. The molecule has 0 unspecified atom stereocenters. The molecular weight excluding hydrogens is 378 g/mol. The molecule has 26 heavy (non-hydrogen) atoms. The lowest BCUT2D eigenvalue weighted by Gasteiger charge is -2.00. The summed E-state index contributed by atoms with van der Waals surface area (Å²) in [5, 5.41) is 29.7. The Labute approximate surface area is 156 Å². The summed E-state index contributed by atoms with van der Waals surface area (Å²) in [4.78, 5) is 10.5. The van der Waals surface area contributed by atoms with E-state index in [4.69, 9.17) is 23.8 Å². The molecule has 11 heteroatoms. The first-order chi connectivity index (χ1) is 12.5. The number of nitrogens with zero attached hydrogens (tertiary/aromatic N) is 5. The van der Waals surface area contributed by atoms with Gasteiger partial charge in [-0.2, -0.15) is 20.0 Å². The van der Waals surface area contributed by atoms with Gasteiger partial charge in [-0.25, -0.2) is 5.10 Å². The summed E-state index contributed by atoms with van der Waals surface area (Å²) in [5.41, 5.74) is 3.28. The highest BCUT2D eigenvalue weighted by Gasteiger charge is 2.23. The summed E-state index contributed by atoms with van der Waals surface area (Å²) in [7, 11) is 0. The van der Waals surface area contributed by atoms with Crippen molar-refractivity contribution >= 4 is 35.7 Å². The van der Waals surface area contributed by atoms with Crippen LogP contribution < -0.4 is 0 Å². The second kappa shape index (κ2) is 6.46. The monoisotopic (exact) mass is 389 g/mol. The quantitative estimate of drug-likeness (QED) is 0.307. The molecule has 2 aromatic heterocycles. The van der Waals surface area contributed by atoms with Gasteiger partial charge in [0.05, 0.1) is 11.1 Å². The third-order valence-electron chi connectivity index (χ3n) is 4.16. The zero-order valence-corrected chi connectivity index (χ0v) is 14.8. The fourth-order valence-corrected chi connectivity index (χ4v) is 3.30. The Morgan fingerprint density at radius 3 is 3.00 bits per heavy atom. The molecule has 3 aromatic rings. The Morgan fingerprint density at radius 1 is 1.35 bits per heavy atom. The van der Waals surface area contributed by atoms with Crippen molar-refractivity contribution < 1.29 is 4.92 Å². The van der Waals surface area contributed by atoms with Crippen molar-refractivity contribution in [3.63, 3.8) is 0 Å². The van der Waals surface area contributed by atoms with E-state index in [-0.39, 0.29) is 10.7 Å². The van der Waals surface area contributed by atoms with Crippen molar-refractivity contribution in [3.8, 4) is 11.5 Å². The number of nitro groups is 1. The van der Waals surface area contributed by atoms with Gasteiger partial charge in [0.1, 0.15) is 10.7 Å². The molecular formula is C15H12ClN7O2S. The highest BCUT2D eigenvalue weighted by atomic mass is 35.5. The van der Waals surface area contributed by atoms with Gasteiger partial charge in [-0.15, -0.1) is 0 Å². The number of H-pyrrole nitrogens is 2. The minimum absolute atomic E-state index is 0.0693. The molecule has 4 rings (SSSR count). The molecule has 0 amide bonds. The van der Waals surface area contributed by atoms with Gasteiger partial charge in [0.25, 0.3) is 5.69 Å². The van der Waals surface area contributed by atoms with Crippen LogP contribution in [0.5, 0.6) is 0 Å². The van der Waals surface area contributed by atoms with Gasteiger partial charge in [0.15, 0.2) is 0 Å². The molecule has 9 nitrogen and oxygen atoms in total. The second-order valence-corrected chi connectivity index (χ2v) is 6.55. The molecule has 0 bridgehead atoms. The van der Waals surface area contributed by atoms with Crippen LogP contribution in [0.4, 0.5) is 5.69 Å². The highest BCUT2D eigenvalue weighted by Crippen LogP contribution is 2.29. The van der Waals surface area contributed by atoms with Gasteiger partial charge >= 0.3 is 0 Å². The zero-order chi connectivity index (χ0) is 18.3. The number of nitro benzene ring substituents is 1. The Balaban J connectivity index is 1.73.